The number of nitrogens with zero attached hydrogens (tertiary/aromatic N) is 1. The summed E-state index contributed by atoms with van der Waals surface area (Å²) < 4.78 is 1.59. The van der Waals surface area contributed by atoms with Crippen molar-refractivity contribution >= 4 is 61.9 Å². The van der Waals surface area contributed by atoms with Crippen molar-refractivity contribution in [1.29, 1.82) is 0 Å². The van der Waals surface area contributed by atoms with Gasteiger partial charge in [0.25, 0.3) is 5.91 Å². The Morgan fingerprint density at radius 3 is 2.52 bits per heavy atom. The Labute approximate surface area is 153 Å². The van der Waals surface area contributed by atoms with Crippen molar-refractivity contribution in [2.75, 3.05) is 4.90 Å². The van der Waals surface area contributed by atoms with E-state index in [1.54, 1.807) is 4.90 Å². The van der Waals surface area contributed by atoms with E-state index in [0.717, 1.165) is 26.9 Å². The number of amides is 1. The number of thiocarbonyl (C=S) groups is 1. The molecule has 0 aliphatic carbocycles. The molecule has 2 aromatic rings. The lowest BCUT2D eigenvalue weighted by atomic mass is 10.1. The standard InChI is InChI=1S/C18H14BrNOS2/c1-11-3-4-12(2)15(9-11)20-17(21)16(23-18(20)22)10-13-5-7-14(19)8-6-13/h3-10H,1-2H3. The fraction of sp³-hybridized carbons (Fsp3) is 0.111. The Balaban J connectivity index is 1.97. The van der Waals surface area contributed by atoms with Gasteiger partial charge < -0.3 is 0 Å². The number of rotatable bonds is 2. The molecular weight excluding hydrogens is 390 g/mol. The second kappa shape index (κ2) is 6.59. The van der Waals surface area contributed by atoms with Gasteiger partial charge in [0, 0.05) is 4.47 Å². The molecule has 0 N–H and O–H groups in total. The van der Waals surface area contributed by atoms with Gasteiger partial charge in [-0.3, -0.25) is 9.69 Å². The number of halogens is 1. The number of carbonyl (C=O) groups excluding carboxylic acids is 1. The summed E-state index contributed by atoms with van der Waals surface area (Å²) in [6.45, 7) is 4.00. The first-order chi connectivity index (χ1) is 11.0. The molecule has 0 spiro atoms. The van der Waals surface area contributed by atoms with Crippen LogP contribution in [0.25, 0.3) is 6.08 Å². The van der Waals surface area contributed by atoms with E-state index in [2.05, 4.69) is 15.9 Å². The van der Waals surface area contributed by atoms with Gasteiger partial charge in [-0.2, -0.15) is 0 Å². The molecule has 1 aliphatic rings. The zero-order valence-electron chi connectivity index (χ0n) is 12.7. The molecule has 3 rings (SSSR count). The molecule has 0 unspecified atom stereocenters. The van der Waals surface area contributed by atoms with Crippen molar-refractivity contribution in [3.05, 3.63) is 68.5 Å². The third kappa shape index (κ3) is 3.42. The van der Waals surface area contributed by atoms with Gasteiger partial charge in [0.15, 0.2) is 4.32 Å². The minimum absolute atomic E-state index is 0.0587. The van der Waals surface area contributed by atoms with Gasteiger partial charge in [-0.25, -0.2) is 0 Å². The van der Waals surface area contributed by atoms with Crippen LogP contribution in [0.3, 0.4) is 0 Å². The van der Waals surface area contributed by atoms with Gasteiger partial charge in [0.2, 0.25) is 0 Å². The van der Waals surface area contributed by atoms with Gasteiger partial charge in [-0.05, 0) is 54.8 Å². The summed E-state index contributed by atoms with van der Waals surface area (Å²) in [5, 5.41) is 0. The van der Waals surface area contributed by atoms with E-state index in [1.165, 1.54) is 11.8 Å². The molecule has 1 fully saturated rings. The SMILES string of the molecule is Cc1ccc(C)c(N2C(=O)C(=Cc3ccc(Br)cc3)SC2=S)c1. The Bertz CT molecular complexity index is 827. The maximum absolute atomic E-state index is 12.8. The first kappa shape index (κ1) is 16.4. The minimum atomic E-state index is -0.0587. The smallest absolute Gasteiger partial charge is 0.268 e. The van der Waals surface area contributed by atoms with Crippen LogP contribution in [-0.4, -0.2) is 10.2 Å². The van der Waals surface area contributed by atoms with Crippen LogP contribution < -0.4 is 4.90 Å². The van der Waals surface area contributed by atoms with Gasteiger partial charge in [-0.1, -0.05) is 64.2 Å². The lowest BCUT2D eigenvalue weighted by molar-refractivity contribution is -0.113. The number of benzene rings is 2. The number of anilines is 1. The fourth-order valence-corrected chi connectivity index (χ4v) is 3.90. The van der Waals surface area contributed by atoms with Crippen LogP contribution in [0.4, 0.5) is 5.69 Å². The van der Waals surface area contributed by atoms with Gasteiger partial charge in [-0.15, -0.1) is 0 Å². The summed E-state index contributed by atoms with van der Waals surface area (Å²) in [6.07, 6.45) is 1.89. The maximum Gasteiger partial charge on any atom is 0.270 e. The molecule has 1 saturated heterocycles. The van der Waals surface area contributed by atoms with E-state index >= 15 is 0 Å². The topological polar surface area (TPSA) is 20.3 Å². The number of carbonyl (C=O) groups is 1. The summed E-state index contributed by atoms with van der Waals surface area (Å²) in [5.74, 6) is -0.0587. The highest BCUT2D eigenvalue weighted by molar-refractivity contribution is 9.10. The van der Waals surface area contributed by atoms with Crippen molar-refractivity contribution < 1.29 is 4.79 Å². The largest absolute Gasteiger partial charge is 0.270 e. The molecule has 0 bridgehead atoms. The quantitative estimate of drug-likeness (QED) is 0.489. The van der Waals surface area contributed by atoms with E-state index in [4.69, 9.17) is 12.2 Å². The van der Waals surface area contributed by atoms with E-state index in [0.29, 0.717) is 9.23 Å². The molecule has 23 heavy (non-hydrogen) atoms. The second-order valence-corrected chi connectivity index (χ2v) is 7.95. The highest BCUT2D eigenvalue weighted by atomic mass is 79.9. The molecule has 1 heterocycles. The van der Waals surface area contributed by atoms with Crippen molar-refractivity contribution in [2.24, 2.45) is 0 Å². The molecule has 2 nitrogen and oxygen atoms in total. The van der Waals surface area contributed by atoms with Crippen LogP contribution in [0.5, 0.6) is 0 Å². The Morgan fingerprint density at radius 2 is 1.83 bits per heavy atom. The average Bonchev–Trinajstić information content (AvgIpc) is 2.78. The van der Waals surface area contributed by atoms with E-state index in [-0.39, 0.29) is 5.91 Å². The van der Waals surface area contributed by atoms with Crippen molar-refractivity contribution in [1.82, 2.24) is 0 Å². The van der Waals surface area contributed by atoms with Crippen LogP contribution in [-0.2, 0) is 4.79 Å². The van der Waals surface area contributed by atoms with Crippen LogP contribution in [0.15, 0.2) is 51.8 Å². The third-order valence-corrected chi connectivity index (χ3v) is 5.40. The molecule has 0 atom stereocenters. The number of aryl methyl sites for hydroxylation is 2. The van der Waals surface area contributed by atoms with Gasteiger partial charge >= 0.3 is 0 Å². The van der Waals surface area contributed by atoms with E-state index < -0.39 is 0 Å². The Kier molecular flexibility index (Phi) is 4.71. The molecule has 1 aliphatic heterocycles. The minimum Gasteiger partial charge on any atom is -0.268 e. The van der Waals surface area contributed by atoms with E-state index in [9.17, 15) is 4.79 Å². The lowest BCUT2D eigenvalue weighted by Crippen LogP contribution is -2.28. The predicted octanol–water partition coefficient (Wildman–Crippen LogP) is 5.47. The van der Waals surface area contributed by atoms with Gasteiger partial charge in [0.05, 0.1) is 10.6 Å². The average molecular weight is 404 g/mol. The maximum atomic E-state index is 12.8. The van der Waals surface area contributed by atoms with Crippen molar-refractivity contribution in [2.45, 2.75) is 13.8 Å². The summed E-state index contributed by atoms with van der Waals surface area (Å²) in [5.41, 5.74) is 4.00. The Morgan fingerprint density at radius 1 is 1.13 bits per heavy atom. The lowest BCUT2D eigenvalue weighted by Gasteiger charge is -2.17. The van der Waals surface area contributed by atoms with E-state index in [1.807, 2.05) is 62.4 Å². The third-order valence-electron chi connectivity index (χ3n) is 3.57. The first-order valence-electron chi connectivity index (χ1n) is 7.06. The Hall–Kier alpha value is -1.43. The second-order valence-electron chi connectivity index (χ2n) is 5.36. The monoisotopic (exact) mass is 403 g/mol. The molecule has 2 aromatic carbocycles. The molecule has 5 heteroatoms. The summed E-state index contributed by atoms with van der Waals surface area (Å²) in [6, 6.07) is 13.9. The first-order valence-corrected chi connectivity index (χ1v) is 9.08. The zero-order chi connectivity index (χ0) is 16.6. The summed E-state index contributed by atoms with van der Waals surface area (Å²) in [7, 11) is 0. The number of hydrogen-bond acceptors (Lipinski definition) is 3. The zero-order valence-corrected chi connectivity index (χ0v) is 15.9. The van der Waals surface area contributed by atoms with Crippen LogP contribution in [0.2, 0.25) is 0 Å². The number of hydrogen-bond donors (Lipinski definition) is 0. The van der Waals surface area contributed by atoms with Crippen LogP contribution >= 0.6 is 39.9 Å². The number of thioether (sulfide) groups is 1. The molecule has 1 amide bonds. The fourth-order valence-electron chi connectivity index (χ4n) is 2.35. The highest BCUT2D eigenvalue weighted by Gasteiger charge is 2.34. The van der Waals surface area contributed by atoms with Crippen molar-refractivity contribution in [3.8, 4) is 0 Å². The normalized spacial score (nSPS) is 16.5. The molecular formula is C18H14BrNOS2. The molecule has 0 radical (unpaired) electrons. The molecule has 0 aromatic heterocycles. The van der Waals surface area contributed by atoms with Crippen LogP contribution in [0, 0.1) is 13.8 Å². The predicted molar refractivity (Wildman–Crippen MR) is 106 cm³/mol. The van der Waals surface area contributed by atoms with Crippen molar-refractivity contribution in [3.63, 3.8) is 0 Å². The summed E-state index contributed by atoms with van der Waals surface area (Å²) in [4.78, 5) is 15.1. The molecule has 0 saturated carbocycles. The van der Waals surface area contributed by atoms with Crippen LogP contribution in [0.1, 0.15) is 16.7 Å². The van der Waals surface area contributed by atoms with Gasteiger partial charge in [0.1, 0.15) is 0 Å². The molecule has 116 valence electrons. The highest BCUT2D eigenvalue weighted by Crippen LogP contribution is 2.37. The summed E-state index contributed by atoms with van der Waals surface area (Å²) >= 11 is 10.2.